The van der Waals surface area contributed by atoms with Gasteiger partial charge in [-0.25, -0.2) is 13.1 Å². The molecule has 2 unspecified atom stereocenters. The van der Waals surface area contributed by atoms with Gasteiger partial charge in [-0.15, -0.1) is 0 Å². The maximum absolute atomic E-state index is 13.2. The number of likely N-dealkylation sites (tertiary alicyclic amines) is 1. The molecular formula is C20H30N2O6S. The summed E-state index contributed by atoms with van der Waals surface area (Å²) < 4.78 is 32.3. The van der Waals surface area contributed by atoms with Gasteiger partial charge in [0.05, 0.1) is 23.6 Å². The second kappa shape index (κ2) is 9.09. The fourth-order valence-electron chi connectivity index (χ4n) is 4.09. The van der Waals surface area contributed by atoms with Gasteiger partial charge in [0.2, 0.25) is 10.0 Å². The molecule has 0 bridgehead atoms. The predicted octanol–water partition coefficient (Wildman–Crippen LogP) is 0.739. The van der Waals surface area contributed by atoms with Crippen molar-refractivity contribution in [3.63, 3.8) is 0 Å². The second-order valence-electron chi connectivity index (χ2n) is 8.15. The lowest BCUT2D eigenvalue weighted by Gasteiger charge is -2.48. The van der Waals surface area contributed by atoms with Gasteiger partial charge in [0.1, 0.15) is 0 Å². The van der Waals surface area contributed by atoms with Gasteiger partial charge in [-0.3, -0.25) is 4.79 Å². The number of benzene rings is 1. The number of hydrogen-bond acceptors (Lipinski definition) is 6. The van der Waals surface area contributed by atoms with Gasteiger partial charge in [0, 0.05) is 31.9 Å². The quantitative estimate of drug-likeness (QED) is 0.618. The van der Waals surface area contributed by atoms with Crippen LogP contribution in [0.3, 0.4) is 0 Å². The lowest BCUT2D eigenvalue weighted by atomic mass is 9.72. The first-order chi connectivity index (χ1) is 13.8. The Hall–Kier alpha value is -1.52. The van der Waals surface area contributed by atoms with Crippen molar-refractivity contribution in [3.05, 3.63) is 29.8 Å². The minimum atomic E-state index is -3.75. The number of rotatable bonds is 6. The molecule has 0 saturated carbocycles. The Kier molecular flexibility index (Phi) is 6.95. The number of carbonyl (C=O) groups excluding carboxylic acids is 1. The largest absolute Gasteiger partial charge is 0.394 e. The fourth-order valence-corrected chi connectivity index (χ4v) is 5.22. The molecule has 8 nitrogen and oxygen atoms in total. The van der Waals surface area contributed by atoms with Gasteiger partial charge in [0.15, 0.2) is 0 Å². The zero-order valence-electron chi connectivity index (χ0n) is 16.7. The van der Waals surface area contributed by atoms with E-state index >= 15 is 0 Å². The highest BCUT2D eigenvalue weighted by molar-refractivity contribution is 7.89. The van der Waals surface area contributed by atoms with Crippen molar-refractivity contribution in [1.29, 1.82) is 0 Å². The highest BCUT2D eigenvalue weighted by atomic mass is 32.2. The summed E-state index contributed by atoms with van der Waals surface area (Å²) in [6, 6.07) is 5.55. The molecule has 9 heteroatoms. The maximum atomic E-state index is 13.2. The lowest BCUT2D eigenvalue weighted by molar-refractivity contribution is -0.0435. The van der Waals surface area contributed by atoms with E-state index in [4.69, 9.17) is 4.74 Å². The minimum Gasteiger partial charge on any atom is -0.394 e. The van der Waals surface area contributed by atoms with Crippen LogP contribution in [-0.4, -0.2) is 74.5 Å². The number of aliphatic hydroxyl groups excluding tert-OH is 2. The number of nitrogens with zero attached hydrogens (tertiary/aromatic N) is 1. The summed E-state index contributed by atoms with van der Waals surface area (Å²) in [5, 5.41) is 19.0. The van der Waals surface area contributed by atoms with Gasteiger partial charge in [-0.2, -0.15) is 0 Å². The molecule has 162 valence electrons. The van der Waals surface area contributed by atoms with Crippen LogP contribution in [0.4, 0.5) is 0 Å². The summed E-state index contributed by atoms with van der Waals surface area (Å²) in [4.78, 5) is 14.9. The number of hydrogen-bond donors (Lipinski definition) is 3. The first-order valence-corrected chi connectivity index (χ1v) is 11.5. The molecule has 3 N–H and O–H groups in total. The van der Waals surface area contributed by atoms with Crippen molar-refractivity contribution >= 4 is 15.9 Å². The molecule has 2 aliphatic heterocycles. The molecular weight excluding hydrogens is 396 g/mol. The molecule has 2 fully saturated rings. The van der Waals surface area contributed by atoms with Crippen LogP contribution < -0.4 is 4.72 Å². The van der Waals surface area contributed by atoms with Crippen molar-refractivity contribution in [1.82, 2.24) is 9.62 Å². The van der Waals surface area contributed by atoms with Gasteiger partial charge >= 0.3 is 0 Å². The molecule has 1 aromatic rings. The van der Waals surface area contributed by atoms with E-state index in [9.17, 15) is 23.4 Å². The van der Waals surface area contributed by atoms with Crippen LogP contribution >= 0.6 is 0 Å². The summed E-state index contributed by atoms with van der Waals surface area (Å²) >= 11 is 0. The van der Waals surface area contributed by atoms with Gasteiger partial charge < -0.3 is 19.8 Å². The third-order valence-electron chi connectivity index (χ3n) is 5.96. The fraction of sp³-hybridized carbons (Fsp3) is 0.650. The molecule has 2 heterocycles. The predicted molar refractivity (Wildman–Crippen MR) is 107 cm³/mol. The van der Waals surface area contributed by atoms with E-state index in [1.807, 2.05) is 0 Å². The number of nitrogens with one attached hydrogen (secondary N) is 1. The molecule has 2 aliphatic rings. The second-order valence-corrected chi connectivity index (χ2v) is 9.91. The first-order valence-electron chi connectivity index (χ1n) is 10.0. The topological polar surface area (TPSA) is 116 Å². The van der Waals surface area contributed by atoms with E-state index in [0.29, 0.717) is 25.3 Å². The highest BCUT2D eigenvalue weighted by Crippen LogP contribution is 2.41. The molecule has 1 spiro atoms. The number of ether oxygens (including phenoxy) is 1. The Bertz CT molecular complexity index is 803. The average Bonchev–Trinajstić information content (AvgIpc) is 2.72. The maximum Gasteiger partial charge on any atom is 0.254 e. The highest BCUT2D eigenvalue weighted by Gasteiger charge is 2.42. The molecule has 3 rings (SSSR count). The monoisotopic (exact) mass is 426 g/mol. The number of amides is 1. The summed E-state index contributed by atoms with van der Waals surface area (Å²) in [5.41, 5.74) is 0.426. The van der Waals surface area contributed by atoms with E-state index in [2.05, 4.69) is 4.72 Å². The van der Waals surface area contributed by atoms with E-state index in [1.54, 1.807) is 4.90 Å². The van der Waals surface area contributed by atoms with Gasteiger partial charge in [-0.05, 0) is 62.3 Å². The third-order valence-corrected chi connectivity index (χ3v) is 7.40. The smallest absolute Gasteiger partial charge is 0.254 e. The van der Waals surface area contributed by atoms with Crippen LogP contribution in [0.2, 0.25) is 0 Å². The summed E-state index contributed by atoms with van der Waals surface area (Å²) in [7, 11) is -3.75. The number of piperidine rings is 1. The molecule has 0 aromatic heterocycles. The molecule has 2 atom stereocenters. The third kappa shape index (κ3) is 5.16. The number of carbonyl (C=O) groups is 1. The summed E-state index contributed by atoms with van der Waals surface area (Å²) in [6.07, 6.45) is 2.73. The van der Waals surface area contributed by atoms with Crippen molar-refractivity contribution in [3.8, 4) is 0 Å². The zero-order chi connectivity index (χ0) is 21.1. The number of sulfonamides is 1. The normalized spacial score (nSPS) is 23.1. The van der Waals surface area contributed by atoms with Gasteiger partial charge in [-0.1, -0.05) is 0 Å². The molecule has 0 radical (unpaired) electrons. The van der Waals surface area contributed by atoms with E-state index < -0.39 is 16.1 Å². The molecule has 0 aliphatic carbocycles. The molecule has 29 heavy (non-hydrogen) atoms. The Balaban J connectivity index is 1.75. The van der Waals surface area contributed by atoms with Crippen molar-refractivity contribution in [2.24, 2.45) is 5.41 Å². The summed E-state index contributed by atoms with van der Waals surface area (Å²) in [5.74, 6) is -0.199. The van der Waals surface area contributed by atoms with Crippen LogP contribution in [0, 0.1) is 5.41 Å². The van der Waals surface area contributed by atoms with Crippen molar-refractivity contribution in [2.45, 2.75) is 49.6 Å². The molecule has 1 aromatic carbocycles. The van der Waals surface area contributed by atoms with Crippen LogP contribution in [-0.2, 0) is 14.8 Å². The SMILES string of the molecule is CC(O)CNS(=O)(=O)c1ccc(C(=O)N2CC3(CCOCC3)CCC2CO)cc1. The average molecular weight is 427 g/mol. The summed E-state index contributed by atoms with van der Waals surface area (Å²) in [6.45, 7) is 3.28. The van der Waals surface area contributed by atoms with Crippen LogP contribution in [0.5, 0.6) is 0 Å². The Morgan fingerprint density at radius 2 is 1.93 bits per heavy atom. The minimum absolute atomic E-state index is 0.0351. The number of aliphatic hydroxyl groups is 2. The van der Waals surface area contributed by atoms with E-state index in [-0.39, 0.29) is 35.4 Å². The van der Waals surface area contributed by atoms with E-state index in [0.717, 1.165) is 25.7 Å². The van der Waals surface area contributed by atoms with Crippen LogP contribution in [0.25, 0.3) is 0 Å². The zero-order valence-corrected chi connectivity index (χ0v) is 17.5. The Morgan fingerprint density at radius 1 is 1.28 bits per heavy atom. The van der Waals surface area contributed by atoms with Crippen molar-refractivity contribution < 1.29 is 28.2 Å². The van der Waals surface area contributed by atoms with Crippen LogP contribution in [0.1, 0.15) is 43.0 Å². The first kappa shape index (κ1) is 22.2. The van der Waals surface area contributed by atoms with Crippen LogP contribution in [0.15, 0.2) is 29.2 Å². The van der Waals surface area contributed by atoms with Crippen molar-refractivity contribution in [2.75, 3.05) is 32.9 Å². The lowest BCUT2D eigenvalue weighted by Crippen LogP contribution is -2.54. The van der Waals surface area contributed by atoms with E-state index in [1.165, 1.54) is 31.2 Å². The molecule has 1 amide bonds. The Morgan fingerprint density at radius 3 is 2.52 bits per heavy atom. The standard InChI is InChI=1S/C20H30N2O6S/c1-15(24)12-21-29(26,27)18-4-2-16(3-5-18)19(25)22-14-20(7-6-17(22)13-23)8-10-28-11-9-20/h2-5,15,17,21,23-24H,6-14H2,1H3. The Labute approximate surface area is 171 Å². The molecule has 2 saturated heterocycles. The van der Waals surface area contributed by atoms with Gasteiger partial charge in [0.25, 0.3) is 5.91 Å².